The molecule has 4 N–H and O–H groups in total. The molecule has 2 aliphatic rings. The van der Waals surface area contributed by atoms with Gasteiger partial charge in [0.05, 0.1) is 22.9 Å². The lowest BCUT2D eigenvalue weighted by Crippen LogP contribution is -2.49. The van der Waals surface area contributed by atoms with Crippen LogP contribution in [0.3, 0.4) is 0 Å². The van der Waals surface area contributed by atoms with Gasteiger partial charge in [-0.1, -0.05) is 6.07 Å². The van der Waals surface area contributed by atoms with Crippen LogP contribution in [0.2, 0.25) is 0 Å². The number of amides is 4. The molecule has 1 unspecified atom stereocenters. The van der Waals surface area contributed by atoms with Gasteiger partial charge in [0.15, 0.2) is 0 Å². The van der Waals surface area contributed by atoms with Crippen LogP contribution in [-0.2, 0) is 20.6 Å². The van der Waals surface area contributed by atoms with E-state index >= 15 is 0 Å². The average Bonchev–Trinajstić information content (AvgIpc) is 3.65. The third kappa shape index (κ3) is 7.01. The number of ketones is 1. The van der Waals surface area contributed by atoms with Crippen molar-refractivity contribution in [1.29, 1.82) is 0 Å². The molecule has 3 atom stereocenters. The maximum Gasteiger partial charge on any atom is 0.416 e. The fourth-order valence-electron chi connectivity index (χ4n) is 4.40. The first kappa shape index (κ1) is 28.7. The SMILES string of the molecule is C[C@@H]1C[C@@H](CC(NC(=O)c2cc(F)ccc2NC(=O)c2cccc(C(F)(F)F)c2)C(=O)C(=O)NC2CC2)C(=O)N1. The summed E-state index contributed by atoms with van der Waals surface area (Å²) in [7, 11) is 0. The van der Waals surface area contributed by atoms with E-state index in [9.17, 15) is 41.5 Å². The van der Waals surface area contributed by atoms with Crippen LogP contribution in [0.15, 0.2) is 42.5 Å². The van der Waals surface area contributed by atoms with Crippen molar-refractivity contribution in [2.75, 3.05) is 5.32 Å². The number of carbonyl (C=O) groups is 5. The van der Waals surface area contributed by atoms with Gasteiger partial charge in [-0.15, -0.1) is 0 Å². The van der Waals surface area contributed by atoms with Gasteiger partial charge < -0.3 is 21.3 Å². The molecule has 1 saturated carbocycles. The summed E-state index contributed by atoms with van der Waals surface area (Å²) >= 11 is 0. The second-order valence-electron chi connectivity index (χ2n) is 9.94. The van der Waals surface area contributed by atoms with Crippen LogP contribution >= 0.6 is 0 Å². The number of halogens is 4. The number of hydrogen-bond acceptors (Lipinski definition) is 5. The van der Waals surface area contributed by atoms with E-state index in [0.717, 1.165) is 36.4 Å². The van der Waals surface area contributed by atoms with Gasteiger partial charge in [0, 0.05) is 23.6 Å². The largest absolute Gasteiger partial charge is 0.416 e. The van der Waals surface area contributed by atoms with Crippen molar-refractivity contribution in [2.24, 2.45) is 5.92 Å². The number of carbonyl (C=O) groups excluding carboxylic acids is 5. The average molecular weight is 563 g/mol. The predicted octanol–water partition coefficient (Wildman–Crippen LogP) is 2.96. The minimum absolute atomic E-state index is 0.150. The third-order valence-corrected chi connectivity index (χ3v) is 6.60. The molecule has 9 nitrogen and oxygen atoms in total. The lowest BCUT2D eigenvalue weighted by atomic mass is 9.93. The van der Waals surface area contributed by atoms with E-state index in [1.165, 1.54) is 0 Å². The molecule has 0 aromatic heterocycles. The van der Waals surface area contributed by atoms with Crippen molar-refractivity contribution in [3.8, 4) is 0 Å². The summed E-state index contributed by atoms with van der Waals surface area (Å²) in [5.74, 6) is -5.86. The Morgan fingerprint density at radius 2 is 1.77 bits per heavy atom. The third-order valence-electron chi connectivity index (χ3n) is 6.60. The molecule has 0 bridgehead atoms. The number of alkyl halides is 3. The van der Waals surface area contributed by atoms with Crippen LogP contribution in [0.25, 0.3) is 0 Å². The molecule has 4 amide bonds. The zero-order valence-corrected chi connectivity index (χ0v) is 21.2. The number of benzene rings is 2. The summed E-state index contributed by atoms with van der Waals surface area (Å²) in [4.78, 5) is 63.7. The Morgan fingerprint density at radius 1 is 1.05 bits per heavy atom. The molecule has 40 heavy (non-hydrogen) atoms. The highest BCUT2D eigenvalue weighted by molar-refractivity contribution is 6.38. The normalized spacial score (nSPS) is 19.4. The lowest BCUT2D eigenvalue weighted by Gasteiger charge is -2.21. The standard InChI is InChI=1S/C27H26F4N4O5/c1-13-9-15(24(38)32-13)11-21(22(36)26(40)33-18-6-7-18)35-25(39)19-12-17(28)5-8-20(19)34-23(37)14-3-2-4-16(10-14)27(29,30)31/h2-5,8,10,12-13,15,18,21H,6-7,9,11H2,1H3,(H,32,38)(H,33,40)(H,34,37)(H,35,39)/t13-,15+,21?/m1/s1. The zero-order valence-electron chi connectivity index (χ0n) is 21.2. The quantitative estimate of drug-likeness (QED) is 0.276. The first-order valence-electron chi connectivity index (χ1n) is 12.6. The predicted molar refractivity (Wildman–Crippen MR) is 134 cm³/mol. The molecule has 0 radical (unpaired) electrons. The van der Waals surface area contributed by atoms with E-state index in [1.807, 2.05) is 0 Å². The number of anilines is 1. The number of hydrogen-bond donors (Lipinski definition) is 4. The number of nitrogens with one attached hydrogen (secondary N) is 4. The van der Waals surface area contributed by atoms with Crippen molar-refractivity contribution in [3.63, 3.8) is 0 Å². The second-order valence-corrected chi connectivity index (χ2v) is 9.94. The van der Waals surface area contributed by atoms with Crippen LogP contribution in [0.1, 0.15) is 58.9 Å². The van der Waals surface area contributed by atoms with Crippen LogP contribution in [0, 0.1) is 11.7 Å². The molecule has 4 rings (SSSR count). The van der Waals surface area contributed by atoms with Gasteiger partial charge in [0.2, 0.25) is 11.7 Å². The van der Waals surface area contributed by atoms with Gasteiger partial charge in [-0.25, -0.2) is 4.39 Å². The lowest BCUT2D eigenvalue weighted by molar-refractivity contribution is -0.139. The summed E-state index contributed by atoms with van der Waals surface area (Å²) in [6, 6.07) is 4.55. The fraction of sp³-hybridized carbons (Fsp3) is 0.370. The Labute approximate surface area is 226 Å². The minimum Gasteiger partial charge on any atom is -0.353 e. The Bertz CT molecular complexity index is 1360. The van der Waals surface area contributed by atoms with Crippen LogP contribution in [-0.4, -0.2) is 47.5 Å². The molecule has 2 aromatic rings. The summed E-state index contributed by atoms with van der Waals surface area (Å²) < 4.78 is 53.4. The van der Waals surface area contributed by atoms with Crippen molar-refractivity contribution >= 4 is 35.1 Å². The molecule has 2 aromatic carbocycles. The molecule has 2 fully saturated rings. The first-order chi connectivity index (χ1) is 18.8. The van der Waals surface area contributed by atoms with E-state index in [-0.39, 0.29) is 35.7 Å². The molecule has 1 aliphatic heterocycles. The second kappa shape index (κ2) is 11.4. The maximum absolute atomic E-state index is 14.1. The van der Waals surface area contributed by atoms with Gasteiger partial charge in [-0.3, -0.25) is 24.0 Å². The van der Waals surface area contributed by atoms with Gasteiger partial charge in [-0.05, 0) is 69.0 Å². The summed E-state index contributed by atoms with van der Waals surface area (Å²) in [6.07, 6.45) is -3.12. The van der Waals surface area contributed by atoms with Gasteiger partial charge in [0.1, 0.15) is 5.82 Å². The first-order valence-corrected chi connectivity index (χ1v) is 12.6. The highest BCUT2D eigenvalue weighted by Crippen LogP contribution is 2.30. The van der Waals surface area contributed by atoms with Crippen LogP contribution in [0.4, 0.5) is 23.2 Å². The van der Waals surface area contributed by atoms with E-state index in [1.54, 1.807) is 6.92 Å². The van der Waals surface area contributed by atoms with Crippen molar-refractivity contribution in [1.82, 2.24) is 16.0 Å². The van der Waals surface area contributed by atoms with E-state index in [0.29, 0.717) is 25.3 Å². The highest BCUT2D eigenvalue weighted by atomic mass is 19.4. The van der Waals surface area contributed by atoms with E-state index < -0.39 is 58.6 Å². The fourth-order valence-corrected chi connectivity index (χ4v) is 4.40. The van der Waals surface area contributed by atoms with Crippen molar-refractivity contribution < 1.29 is 41.5 Å². The van der Waals surface area contributed by atoms with E-state index in [2.05, 4.69) is 21.3 Å². The molecule has 212 valence electrons. The zero-order chi connectivity index (χ0) is 29.2. The smallest absolute Gasteiger partial charge is 0.353 e. The summed E-state index contributed by atoms with van der Waals surface area (Å²) in [5, 5.41) is 9.92. The molecule has 1 heterocycles. The van der Waals surface area contributed by atoms with Crippen molar-refractivity contribution in [3.05, 3.63) is 65.0 Å². The number of rotatable bonds is 9. The van der Waals surface area contributed by atoms with Gasteiger partial charge >= 0.3 is 6.18 Å². The van der Waals surface area contributed by atoms with Crippen molar-refractivity contribution in [2.45, 2.75) is 56.9 Å². The molecular formula is C27H26F4N4O5. The van der Waals surface area contributed by atoms with Gasteiger partial charge in [0.25, 0.3) is 17.7 Å². The van der Waals surface area contributed by atoms with Crippen LogP contribution < -0.4 is 21.3 Å². The Hall–Kier alpha value is -4.29. The molecule has 13 heteroatoms. The molecule has 1 aliphatic carbocycles. The molecule has 0 spiro atoms. The minimum atomic E-state index is -4.70. The molecule has 1 saturated heterocycles. The topological polar surface area (TPSA) is 133 Å². The van der Waals surface area contributed by atoms with Gasteiger partial charge in [-0.2, -0.15) is 13.2 Å². The Kier molecular flexibility index (Phi) is 8.21. The Morgan fingerprint density at radius 3 is 2.40 bits per heavy atom. The number of Topliss-reactive ketones (excluding diaryl/α,β-unsaturated/α-hetero) is 1. The summed E-state index contributed by atoms with van der Waals surface area (Å²) in [5.41, 5.74) is -2.11. The maximum atomic E-state index is 14.1. The Balaban J connectivity index is 1.56. The monoisotopic (exact) mass is 562 g/mol. The highest BCUT2D eigenvalue weighted by Gasteiger charge is 2.38. The molecular weight excluding hydrogens is 536 g/mol. The van der Waals surface area contributed by atoms with Crippen LogP contribution in [0.5, 0.6) is 0 Å². The van der Waals surface area contributed by atoms with E-state index in [4.69, 9.17) is 0 Å². The summed E-state index contributed by atoms with van der Waals surface area (Å²) in [6.45, 7) is 1.76.